The lowest BCUT2D eigenvalue weighted by molar-refractivity contribution is 0.0697. The van der Waals surface area contributed by atoms with Crippen LogP contribution in [0.4, 0.5) is 8.78 Å². The summed E-state index contributed by atoms with van der Waals surface area (Å²) in [5.74, 6) is -2.44. The monoisotopic (exact) mass is 456 g/mol. The van der Waals surface area contributed by atoms with Gasteiger partial charge in [0.05, 0.1) is 24.0 Å². The van der Waals surface area contributed by atoms with E-state index in [9.17, 15) is 23.5 Å². The molecule has 0 unspecified atom stereocenters. The fourth-order valence-electron chi connectivity index (χ4n) is 3.29. The molecule has 0 fully saturated rings. The van der Waals surface area contributed by atoms with E-state index in [0.717, 1.165) is 6.07 Å². The number of benzene rings is 3. The largest absolute Gasteiger partial charge is 0.491 e. The molecule has 0 saturated carbocycles. The minimum absolute atomic E-state index is 0.0309. The number of carboxylic acids is 1. The number of hydrogen-bond acceptors (Lipinski definition) is 4. The number of hydrogen-bond donors (Lipinski definition) is 1. The maximum absolute atomic E-state index is 14.1. The Morgan fingerprint density at radius 3 is 2.72 bits per heavy atom. The lowest BCUT2D eigenvalue weighted by Crippen LogP contribution is -2.24. The lowest BCUT2D eigenvalue weighted by Gasteiger charge is -2.14. The SMILES string of the molecule is O=C(O)c1cccc(-c2cc(Cl)ccc2OCCn2cnc3cc(F)cc(F)c3c2=O)c1. The Balaban J connectivity index is 1.59. The van der Waals surface area contributed by atoms with Gasteiger partial charge in [0.1, 0.15) is 29.4 Å². The summed E-state index contributed by atoms with van der Waals surface area (Å²) in [6.45, 7) is 0.0823. The van der Waals surface area contributed by atoms with Gasteiger partial charge in [0, 0.05) is 22.7 Å². The summed E-state index contributed by atoms with van der Waals surface area (Å²) in [7, 11) is 0. The van der Waals surface area contributed by atoms with E-state index in [0.29, 0.717) is 28.0 Å². The summed E-state index contributed by atoms with van der Waals surface area (Å²) in [4.78, 5) is 27.8. The molecule has 4 aromatic rings. The maximum Gasteiger partial charge on any atom is 0.335 e. The van der Waals surface area contributed by atoms with Crippen LogP contribution >= 0.6 is 11.6 Å². The Labute approximate surface area is 185 Å². The van der Waals surface area contributed by atoms with Crippen molar-refractivity contribution in [2.45, 2.75) is 6.54 Å². The number of carbonyl (C=O) groups is 1. The van der Waals surface area contributed by atoms with E-state index in [1.165, 1.54) is 23.0 Å². The van der Waals surface area contributed by atoms with Crippen LogP contribution in [0.25, 0.3) is 22.0 Å². The van der Waals surface area contributed by atoms with Crippen molar-refractivity contribution >= 4 is 28.5 Å². The van der Waals surface area contributed by atoms with E-state index in [1.807, 2.05) is 0 Å². The highest BCUT2D eigenvalue weighted by Crippen LogP contribution is 2.33. The predicted octanol–water partition coefficient (Wildman–Crippen LogP) is 4.77. The smallest absolute Gasteiger partial charge is 0.335 e. The average molecular weight is 457 g/mol. The molecule has 0 aliphatic rings. The van der Waals surface area contributed by atoms with Crippen LogP contribution in [0.1, 0.15) is 10.4 Å². The predicted molar refractivity (Wildman–Crippen MR) is 115 cm³/mol. The number of aromatic nitrogens is 2. The Morgan fingerprint density at radius 1 is 1.12 bits per heavy atom. The summed E-state index contributed by atoms with van der Waals surface area (Å²) in [5.41, 5.74) is 0.562. The first-order chi connectivity index (χ1) is 15.3. The van der Waals surface area contributed by atoms with Crippen LogP contribution in [0.5, 0.6) is 5.75 Å². The Morgan fingerprint density at radius 2 is 1.94 bits per heavy atom. The molecule has 3 aromatic carbocycles. The number of aromatic carboxylic acids is 1. The first kappa shape index (κ1) is 21.5. The Hall–Kier alpha value is -3.78. The molecule has 0 atom stereocenters. The van der Waals surface area contributed by atoms with Crippen molar-refractivity contribution in [3.8, 4) is 16.9 Å². The highest BCUT2D eigenvalue weighted by Gasteiger charge is 2.13. The fourth-order valence-corrected chi connectivity index (χ4v) is 3.46. The van der Waals surface area contributed by atoms with E-state index in [4.69, 9.17) is 16.3 Å². The second kappa shape index (κ2) is 8.76. The summed E-state index contributed by atoms with van der Waals surface area (Å²) < 4.78 is 34.4. The molecule has 162 valence electrons. The summed E-state index contributed by atoms with van der Waals surface area (Å²) in [6, 6.07) is 12.8. The van der Waals surface area contributed by atoms with Crippen molar-refractivity contribution in [3.63, 3.8) is 0 Å². The van der Waals surface area contributed by atoms with Crippen molar-refractivity contribution in [2.75, 3.05) is 6.61 Å². The van der Waals surface area contributed by atoms with Gasteiger partial charge in [-0.1, -0.05) is 23.7 Å². The van der Waals surface area contributed by atoms with Gasteiger partial charge >= 0.3 is 5.97 Å². The number of halogens is 3. The van der Waals surface area contributed by atoms with Crippen molar-refractivity contribution in [1.82, 2.24) is 9.55 Å². The van der Waals surface area contributed by atoms with Crippen LogP contribution in [-0.4, -0.2) is 27.2 Å². The Kier molecular flexibility index (Phi) is 5.87. The van der Waals surface area contributed by atoms with Gasteiger partial charge in [-0.15, -0.1) is 0 Å². The van der Waals surface area contributed by atoms with Crippen LogP contribution in [0.3, 0.4) is 0 Å². The molecule has 1 heterocycles. The zero-order valence-electron chi connectivity index (χ0n) is 16.4. The number of nitrogens with zero attached hydrogens (tertiary/aromatic N) is 2. The van der Waals surface area contributed by atoms with Gasteiger partial charge in [0.15, 0.2) is 0 Å². The van der Waals surface area contributed by atoms with E-state index in [2.05, 4.69) is 4.98 Å². The van der Waals surface area contributed by atoms with Crippen molar-refractivity contribution in [1.29, 1.82) is 0 Å². The summed E-state index contributed by atoms with van der Waals surface area (Å²) >= 11 is 6.11. The maximum atomic E-state index is 14.1. The molecular weight excluding hydrogens is 442 g/mol. The molecule has 0 amide bonds. The number of carboxylic acid groups (broad SMARTS) is 1. The van der Waals surface area contributed by atoms with Crippen LogP contribution < -0.4 is 10.3 Å². The van der Waals surface area contributed by atoms with E-state index >= 15 is 0 Å². The minimum Gasteiger partial charge on any atom is -0.491 e. The van der Waals surface area contributed by atoms with Gasteiger partial charge in [0.25, 0.3) is 5.56 Å². The average Bonchev–Trinajstić information content (AvgIpc) is 2.76. The molecule has 0 aliphatic heterocycles. The third-order valence-corrected chi connectivity index (χ3v) is 5.03. The molecule has 0 radical (unpaired) electrons. The molecule has 0 spiro atoms. The Bertz CT molecular complexity index is 1400. The topological polar surface area (TPSA) is 81.4 Å². The van der Waals surface area contributed by atoms with Gasteiger partial charge in [-0.3, -0.25) is 9.36 Å². The first-order valence-corrected chi connectivity index (χ1v) is 9.81. The van der Waals surface area contributed by atoms with Crippen molar-refractivity contribution in [3.05, 3.63) is 93.5 Å². The quantitative estimate of drug-likeness (QED) is 0.452. The molecule has 0 aliphatic carbocycles. The van der Waals surface area contributed by atoms with Crippen molar-refractivity contribution in [2.24, 2.45) is 0 Å². The minimum atomic E-state index is -1.06. The van der Waals surface area contributed by atoms with E-state index in [1.54, 1.807) is 30.3 Å². The van der Waals surface area contributed by atoms with Gasteiger partial charge in [-0.05, 0) is 35.9 Å². The van der Waals surface area contributed by atoms with E-state index in [-0.39, 0.29) is 29.6 Å². The second-order valence-corrected chi connectivity index (χ2v) is 7.34. The van der Waals surface area contributed by atoms with Crippen LogP contribution in [0, 0.1) is 11.6 Å². The van der Waals surface area contributed by atoms with Crippen molar-refractivity contribution < 1.29 is 23.4 Å². The fraction of sp³-hybridized carbons (Fsp3) is 0.0870. The third kappa shape index (κ3) is 4.31. The highest BCUT2D eigenvalue weighted by molar-refractivity contribution is 6.31. The zero-order chi connectivity index (χ0) is 22.8. The molecule has 32 heavy (non-hydrogen) atoms. The summed E-state index contributed by atoms with van der Waals surface area (Å²) in [5, 5.41) is 9.38. The van der Waals surface area contributed by atoms with Crippen LogP contribution in [0.2, 0.25) is 5.02 Å². The normalized spacial score (nSPS) is 11.0. The standard InChI is InChI=1S/C23H15ClF2N2O4/c24-15-4-5-20(17(9-15)13-2-1-3-14(8-13)23(30)31)32-7-6-28-12-27-19-11-16(25)10-18(26)21(19)22(28)29/h1-5,8-12H,6-7H2,(H,30,31). The molecule has 9 heteroatoms. The second-order valence-electron chi connectivity index (χ2n) is 6.90. The zero-order valence-corrected chi connectivity index (χ0v) is 17.1. The van der Waals surface area contributed by atoms with Gasteiger partial charge in [-0.2, -0.15) is 0 Å². The van der Waals surface area contributed by atoms with Gasteiger partial charge < -0.3 is 9.84 Å². The summed E-state index contributed by atoms with van der Waals surface area (Å²) in [6.07, 6.45) is 1.20. The number of fused-ring (bicyclic) bond motifs is 1. The van der Waals surface area contributed by atoms with Gasteiger partial charge in [0.2, 0.25) is 0 Å². The molecule has 6 nitrogen and oxygen atoms in total. The highest BCUT2D eigenvalue weighted by atomic mass is 35.5. The first-order valence-electron chi connectivity index (χ1n) is 9.44. The number of ether oxygens (including phenoxy) is 1. The molecule has 0 saturated heterocycles. The lowest BCUT2D eigenvalue weighted by atomic mass is 10.0. The molecule has 1 aromatic heterocycles. The molecule has 0 bridgehead atoms. The molecule has 1 N–H and O–H groups in total. The van der Waals surface area contributed by atoms with Crippen LogP contribution in [0.15, 0.2) is 65.7 Å². The molecular formula is C23H15ClF2N2O4. The number of rotatable bonds is 6. The molecule has 4 rings (SSSR count). The van der Waals surface area contributed by atoms with Crippen LogP contribution in [-0.2, 0) is 6.54 Å². The van der Waals surface area contributed by atoms with Gasteiger partial charge in [-0.25, -0.2) is 18.6 Å². The van der Waals surface area contributed by atoms with E-state index < -0.39 is 23.2 Å². The third-order valence-electron chi connectivity index (χ3n) is 4.80.